The van der Waals surface area contributed by atoms with Crippen LogP contribution in [0.5, 0.6) is 0 Å². The van der Waals surface area contributed by atoms with Gasteiger partial charge in [-0.2, -0.15) is 5.26 Å². The first-order valence-electron chi connectivity index (χ1n) is 6.42. The van der Waals surface area contributed by atoms with Gasteiger partial charge in [0.2, 0.25) is 0 Å². The third kappa shape index (κ3) is 2.24. The molecule has 0 spiro atoms. The molecule has 0 aliphatic rings. The molecule has 0 amide bonds. The van der Waals surface area contributed by atoms with Crippen LogP contribution in [0.15, 0.2) is 42.5 Å². The maximum Gasteiger partial charge on any atom is 0.144 e. The van der Waals surface area contributed by atoms with Crippen LogP contribution in [0.4, 0.5) is 0 Å². The third-order valence-electron chi connectivity index (χ3n) is 3.24. The summed E-state index contributed by atoms with van der Waals surface area (Å²) < 4.78 is 0. The topological polar surface area (TPSA) is 49.6 Å². The predicted octanol–water partition coefficient (Wildman–Crippen LogP) is 3.79. The van der Waals surface area contributed by atoms with Gasteiger partial charge in [-0.15, -0.1) is 0 Å². The van der Waals surface area contributed by atoms with Gasteiger partial charge in [0.25, 0.3) is 0 Å². The number of nitriles is 1. The van der Waals surface area contributed by atoms with E-state index in [0.717, 1.165) is 11.3 Å². The lowest BCUT2D eigenvalue weighted by Crippen LogP contribution is -1.94. The van der Waals surface area contributed by atoms with Gasteiger partial charge in [0, 0.05) is 11.6 Å². The summed E-state index contributed by atoms with van der Waals surface area (Å²) in [6, 6.07) is 16.4. The fourth-order valence-electron chi connectivity index (χ4n) is 2.30. The molecule has 0 radical (unpaired) electrons. The molecule has 3 heteroatoms. The van der Waals surface area contributed by atoms with Crippen LogP contribution < -0.4 is 0 Å². The lowest BCUT2D eigenvalue weighted by atomic mass is 10.0. The smallest absolute Gasteiger partial charge is 0.144 e. The molecule has 0 unspecified atom stereocenters. The molecule has 2 aromatic carbocycles. The summed E-state index contributed by atoms with van der Waals surface area (Å²) in [6.45, 7) is 3.88. The zero-order chi connectivity index (χ0) is 14.1. The Morgan fingerprint density at radius 2 is 1.65 bits per heavy atom. The molecular formula is C17H13N3. The van der Waals surface area contributed by atoms with E-state index in [2.05, 4.69) is 53.3 Å². The number of aromatic nitrogens is 2. The summed E-state index contributed by atoms with van der Waals surface area (Å²) in [5.41, 5.74) is 3.44. The van der Waals surface area contributed by atoms with Crippen molar-refractivity contribution in [3.05, 3.63) is 59.5 Å². The quantitative estimate of drug-likeness (QED) is 0.668. The van der Waals surface area contributed by atoms with Crippen LogP contribution in [0.2, 0.25) is 0 Å². The highest BCUT2D eigenvalue weighted by molar-refractivity contribution is 5.87. The lowest BCUT2D eigenvalue weighted by Gasteiger charge is -2.05. The van der Waals surface area contributed by atoms with Crippen molar-refractivity contribution in [1.82, 2.24) is 9.97 Å². The van der Waals surface area contributed by atoms with Crippen molar-refractivity contribution in [3.63, 3.8) is 0 Å². The van der Waals surface area contributed by atoms with Crippen LogP contribution in [0.3, 0.4) is 0 Å². The molecule has 3 rings (SSSR count). The molecule has 0 bridgehead atoms. The van der Waals surface area contributed by atoms with Crippen LogP contribution in [0, 0.1) is 25.2 Å². The summed E-state index contributed by atoms with van der Waals surface area (Å²) in [5, 5.41) is 11.4. The first-order valence-corrected chi connectivity index (χ1v) is 6.42. The molecule has 0 aliphatic carbocycles. The van der Waals surface area contributed by atoms with Crippen molar-refractivity contribution in [2.24, 2.45) is 0 Å². The molecule has 0 saturated carbocycles. The van der Waals surface area contributed by atoms with Gasteiger partial charge in [-0.3, -0.25) is 0 Å². The number of nitrogens with zero attached hydrogens (tertiary/aromatic N) is 3. The van der Waals surface area contributed by atoms with E-state index in [-0.39, 0.29) is 0 Å². The molecule has 1 aromatic heterocycles. The van der Waals surface area contributed by atoms with E-state index in [0.29, 0.717) is 11.5 Å². The summed E-state index contributed by atoms with van der Waals surface area (Å²) in [4.78, 5) is 8.49. The zero-order valence-corrected chi connectivity index (χ0v) is 11.4. The summed E-state index contributed by atoms with van der Waals surface area (Å²) in [5.74, 6) is 0.614. The minimum atomic E-state index is 0.400. The minimum Gasteiger partial charge on any atom is -0.233 e. The summed E-state index contributed by atoms with van der Waals surface area (Å²) >= 11 is 0. The highest BCUT2D eigenvalue weighted by Crippen LogP contribution is 2.24. The van der Waals surface area contributed by atoms with Crippen molar-refractivity contribution in [1.29, 1.82) is 5.26 Å². The predicted molar refractivity (Wildman–Crippen MR) is 79.2 cm³/mol. The Morgan fingerprint density at radius 3 is 2.45 bits per heavy atom. The van der Waals surface area contributed by atoms with Gasteiger partial charge >= 0.3 is 0 Å². The Kier molecular flexibility index (Phi) is 2.92. The Hall–Kier alpha value is -2.73. The van der Waals surface area contributed by atoms with E-state index in [4.69, 9.17) is 5.26 Å². The number of aryl methyl sites for hydroxylation is 2. The van der Waals surface area contributed by atoms with Gasteiger partial charge in [0.05, 0.1) is 5.69 Å². The number of hydrogen-bond donors (Lipinski definition) is 0. The molecule has 0 aliphatic heterocycles. The maximum absolute atomic E-state index is 9.00. The van der Waals surface area contributed by atoms with Crippen molar-refractivity contribution >= 4 is 10.8 Å². The van der Waals surface area contributed by atoms with E-state index in [1.165, 1.54) is 16.3 Å². The normalized spacial score (nSPS) is 10.4. The van der Waals surface area contributed by atoms with Gasteiger partial charge in [-0.25, -0.2) is 9.97 Å². The van der Waals surface area contributed by atoms with Crippen molar-refractivity contribution in [2.45, 2.75) is 13.8 Å². The molecular weight excluding hydrogens is 246 g/mol. The second kappa shape index (κ2) is 4.75. The van der Waals surface area contributed by atoms with Crippen molar-refractivity contribution in [3.8, 4) is 17.3 Å². The van der Waals surface area contributed by atoms with Gasteiger partial charge in [-0.05, 0) is 30.7 Å². The third-order valence-corrected chi connectivity index (χ3v) is 3.24. The molecule has 0 fully saturated rings. The molecule has 3 aromatic rings. The molecule has 0 N–H and O–H groups in total. The fraction of sp³-hybridized carbons (Fsp3) is 0.118. The number of rotatable bonds is 1. The molecule has 1 heterocycles. The average molecular weight is 259 g/mol. The van der Waals surface area contributed by atoms with Gasteiger partial charge in [0.15, 0.2) is 0 Å². The number of fused-ring (bicyclic) bond motifs is 1. The van der Waals surface area contributed by atoms with E-state index in [1.807, 2.05) is 6.07 Å². The van der Waals surface area contributed by atoms with Gasteiger partial charge in [0.1, 0.15) is 17.6 Å². The van der Waals surface area contributed by atoms with Crippen LogP contribution in [-0.2, 0) is 0 Å². The van der Waals surface area contributed by atoms with Crippen LogP contribution in [0.25, 0.3) is 22.0 Å². The maximum atomic E-state index is 9.00. The Labute approximate surface area is 117 Å². The second-order valence-corrected chi connectivity index (χ2v) is 4.86. The van der Waals surface area contributed by atoms with Crippen LogP contribution in [-0.4, -0.2) is 9.97 Å². The van der Waals surface area contributed by atoms with E-state index in [1.54, 1.807) is 13.0 Å². The number of hydrogen-bond acceptors (Lipinski definition) is 3. The molecule has 0 saturated heterocycles. The number of benzene rings is 2. The van der Waals surface area contributed by atoms with Crippen molar-refractivity contribution < 1.29 is 0 Å². The molecule has 0 atom stereocenters. The van der Waals surface area contributed by atoms with Gasteiger partial charge in [-0.1, -0.05) is 35.9 Å². The van der Waals surface area contributed by atoms with E-state index in [9.17, 15) is 0 Å². The lowest BCUT2D eigenvalue weighted by molar-refractivity contribution is 1.04. The zero-order valence-electron chi connectivity index (χ0n) is 11.4. The highest BCUT2D eigenvalue weighted by Gasteiger charge is 2.05. The molecule has 3 nitrogen and oxygen atoms in total. The van der Waals surface area contributed by atoms with E-state index < -0.39 is 0 Å². The summed E-state index contributed by atoms with van der Waals surface area (Å²) in [7, 11) is 0. The van der Waals surface area contributed by atoms with Crippen LogP contribution in [0.1, 0.15) is 17.1 Å². The Morgan fingerprint density at radius 1 is 0.900 bits per heavy atom. The fourth-order valence-corrected chi connectivity index (χ4v) is 2.30. The van der Waals surface area contributed by atoms with Gasteiger partial charge < -0.3 is 0 Å². The monoisotopic (exact) mass is 259 g/mol. The Balaban J connectivity index is 2.17. The SMILES string of the molecule is Cc1ccc2cc(-c3cc(C#N)nc(C)n3)ccc2c1. The molecule has 96 valence electrons. The standard InChI is InChI=1S/C17H13N3/c1-11-3-4-14-8-15(6-5-13(14)7-11)17-9-16(10-18)19-12(2)20-17/h3-9H,1-2H3. The average Bonchev–Trinajstić information content (AvgIpc) is 2.46. The highest BCUT2D eigenvalue weighted by atomic mass is 14.9. The first-order chi connectivity index (χ1) is 9.65. The minimum absolute atomic E-state index is 0.400. The summed E-state index contributed by atoms with van der Waals surface area (Å²) in [6.07, 6.45) is 0. The first kappa shape index (κ1) is 12.3. The van der Waals surface area contributed by atoms with E-state index >= 15 is 0 Å². The van der Waals surface area contributed by atoms with Crippen molar-refractivity contribution in [2.75, 3.05) is 0 Å². The largest absolute Gasteiger partial charge is 0.233 e. The Bertz CT molecular complexity index is 844. The molecule has 20 heavy (non-hydrogen) atoms. The van der Waals surface area contributed by atoms with Crippen LogP contribution >= 0.6 is 0 Å². The second-order valence-electron chi connectivity index (χ2n) is 4.86.